The quantitative estimate of drug-likeness (QED) is 0.844. The van der Waals surface area contributed by atoms with Crippen LogP contribution >= 0.6 is 11.6 Å². The van der Waals surface area contributed by atoms with Crippen molar-refractivity contribution in [2.75, 3.05) is 19.8 Å². The summed E-state index contributed by atoms with van der Waals surface area (Å²) in [6.07, 6.45) is 1.57. The van der Waals surface area contributed by atoms with Crippen LogP contribution in [0, 0.1) is 6.92 Å². The summed E-state index contributed by atoms with van der Waals surface area (Å²) in [5.74, 6) is 6.44. The Morgan fingerprint density at radius 1 is 1.35 bits per heavy atom. The molecule has 2 rings (SSSR count). The first-order valence-electron chi connectivity index (χ1n) is 5.63. The Hall–Kier alpha value is -0.970. The maximum atomic E-state index is 6.19. The fourth-order valence-corrected chi connectivity index (χ4v) is 2.17. The lowest BCUT2D eigenvalue weighted by Gasteiger charge is -2.15. The third-order valence-corrected chi connectivity index (χ3v) is 3.10. The van der Waals surface area contributed by atoms with E-state index >= 15 is 0 Å². The first kappa shape index (κ1) is 12.5. The molecule has 94 valence electrons. The van der Waals surface area contributed by atoms with Gasteiger partial charge in [0, 0.05) is 6.42 Å². The zero-order valence-corrected chi connectivity index (χ0v) is 10.5. The summed E-state index contributed by atoms with van der Waals surface area (Å²) in [6, 6.07) is 1.89. The zero-order chi connectivity index (χ0) is 12.3. The maximum absolute atomic E-state index is 6.19. The molecule has 0 bridgehead atoms. The molecule has 1 aliphatic heterocycles. The molecule has 0 spiro atoms. The predicted molar refractivity (Wildman–Crippen MR) is 65.6 cm³/mol. The number of benzene rings is 1. The number of halogens is 1. The van der Waals surface area contributed by atoms with Crippen molar-refractivity contribution in [3.05, 3.63) is 22.2 Å². The van der Waals surface area contributed by atoms with E-state index in [-0.39, 0.29) is 0 Å². The van der Waals surface area contributed by atoms with E-state index in [0.29, 0.717) is 37.0 Å². The summed E-state index contributed by atoms with van der Waals surface area (Å²) >= 11 is 6.19. The van der Waals surface area contributed by atoms with E-state index in [1.807, 2.05) is 13.0 Å². The van der Waals surface area contributed by atoms with Gasteiger partial charge >= 0.3 is 0 Å². The van der Waals surface area contributed by atoms with Crippen LogP contribution in [0.1, 0.15) is 17.5 Å². The Bertz CT molecular complexity index is 409. The molecular weight excluding hydrogens is 242 g/mol. The molecular formula is C12H16ClNO3. The predicted octanol–water partition coefficient (Wildman–Crippen LogP) is 2.24. The summed E-state index contributed by atoms with van der Waals surface area (Å²) in [6.45, 7) is 3.74. The van der Waals surface area contributed by atoms with Crippen molar-refractivity contribution >= 4 is 11.6 Å². The molecule has 1 heterocycles. The van der Waals surface area contributed by atoms with Gasteiger partial charge in [-0.15, -0.1) is 0 Å². The van der Waals surface area contributed by atoms with Crippen LogP contribution in [-0.4, -0.2) is 19.8 Å². The Labute approximate surface area is 106 Å². The highest BCUT2D eigenvalue weighted by atomic mass is 35.5. The van der Waals surface area contributed by atoms with Gasteiger partial charge in [-0.2, -0.15) is 0 Å². The van der Waals surface area contributed by atoms with Crippen LogP contribution in [-0.2, 0) is 11.3 Å². The van der Waals surface area contributed by atoms with E-state index in [1.165, 1.54) is 0 Å². The van der Waals surface area contributed by atoms with Crippen LogP contribution in [0.2, 0.25) is 5.02 Å². The number of rotatable bonds is 3. The normalized spacial score (nSPS) is 14.5. The van der Waals surface area contributed by atoms with Gasteiger partial charge < -0.3 is 14.3 Å². The first-order chi connectivity index (χ1) is 8.24. The zero-order valence-electron chi connectivity index (χ0n) is 9.79. The minimum absolute atomic E-state index is 0.455. The second-order valence-electron chi connectivity index (χ2n) is 3.97. The molecule has 0 saturated heterocycles. The summed E-state index contributed by atoms with van der Waals surface area (Å²) in [5, 5.41) is 0.583. The standard InChI is InChI=1S/C12H16ClNO3/c1-8-9(3-6-17-14)7-10(13)12-11(8)15-4-2-5-16-12/h7H,2-6,14H2,1H3. The van der Waals surface area contributed by atoms with Gasteiger partial charge in [0.25, 0.3) is 0 Å². The van der Waals surface area contributed by atoms with E-state index in [0.717, 1.165) is 23.3 Å². The van der Waals surface area contributed by atoms with Gasteiger partial charge in [0.15, 0.2) is 11.5 Å². The van der Waals surface area contributed by atoms with Crippen molar-refractivity contribution in [3.63, 3.8) is 0 Å². The van der Waals surface area contributed by atoms with E-state index < -0.39 is 0 Å². The van der Waals surface area contributed by atoms with Crippen molar-refractivity contribution in [1.82, 2.24) is 0 Å². The van der Waals surface area contributed by atoms with E-state index in [4.69, 9.17) is 27.0 Å². The van der Waals surface area contributed by atoms with Crippen molar-refractivity contribution in [2.24, 2.45) is 5.90 Å². The number of nitrogens with two attached hydrogens (primary N) is 1. The Kier molecular flexibility index (Phi) is 4.10. The van der Waals surface area contributed by atoms with Crippen LogP contribution in [0.3, 0.4) is 0 Å². The molecule has 0 radical (unpaired) electrons. The lowest BCUT2D eigenvalue weighted by molar-refractivity contribution is 0.141. The van der Waals surface area contributed by atoms with Gasteiger partial charge in [0.2, 0.25) is 0 Å². The topological polar surface area (TPSA) is 53.7 Å². The van der Waals surface area contributed by atoms with Crippen LogP contribution in [0.15, 0.2) is 6.07 Å². The molecule has 0 fully saturated rings. The SMILES string of the molecule is Cc1c(CCON)cc(Cl)c2c1OCCCO2. The molecule has 1 aliphatic rings. The van der Waals surface area contributed by atoms with Crippen molar-refractivity contribution in [2.45, 2.75) is 19.8 Å². The van der Waals surface area contributed by atoms with Crippen LogP contribution in [0.25, 0.3) is 0 Å². The van der Waals surface area contributed by atoms with Crippen LogP contribution < -0.4 is 15.4 Å². The third kappa shape index (κ3) is 2.65. The molecule has 0 unspecified atom stereocenters. The van der Waals surface area contributed by atoms with Gasteiger partial charge in [-0.25, -0.2) is 5.90 Å². The molecule has 0 atom stereocenters. The van der Waals surface area contributed by atoms with Crippen LogP contribution in [0.5, 0.6) is 11.5 Å². The Morgan fingerprint density at radius 2 is 2.06 bits per heavy atom. The van der Waals surface area contributed by atoms with Crippen molar-refractivity contribution in [1.29, 1.82) is 0 Å². The number of hydrogen-bond acceptors (Lipinski definition) is 4. The summed E-state index contributed by atoms with van der Waals surface area (Å²) < 4.78 is 11.3. The third-order valence-electron chi connectivity index (χ3n) is 2.82. The van der Waals surface area contributed by atoms with Gasteiger partial charge in [-0.05, 0) is 30.5 Å². The lowest BCUT2D eigenvalue weighted by Crippen LogP contribution is -2.06. The van der Waals surface area contributed by atoms with Crippen LogP contribution in [0.4, 0.5) is 0 Å². The minimum Gasteiger partial charge on any atom is -0.489 e. The highest BCUT2D eigenvalue weighted by Crippen LogP contribution is 2.41. The molecule has 0 amide bonds. The lowest BCUT2D eigenvalue weighted by atomic mass is 10.0. The van der Waals surface area contributed by atoms with Gasteiger partial charge in [-0.1, -0.05) is 11.6 Å². The molecule has 17 heavy (non-hydrogen) atoms. The van der Waals surface area contributed by atoms with Gasteiger partial charge in [-0.3, -0.25) is 0 Å². The Morgan fingerprint density at radius 3 is 2.76 bits per heavy atom. The molecule has 1 aromatic carbocycles. The summed E-state index contributed by atoms with van der Waals surface area (Å²) in [4.78, 5) is 4.59. The minimum atomic E-state index is 0.455. The van der Waals surface area contributed by atoms with Gasteiger partial charge in [0.05, 0.1) is 24.8 Å². The van der Waals surface area contributed by atoms with E-state index in [9.17, 15) is 0 Å². The smallest absolute Gasteiger partial charge is 0.180 e. The molecule has 1 aromatic rings. The molecule has 0 saturated carbocycles. The number of ether oxygens (including phenoxy) is 2. The summed E-state index contributed by atoms with van der Waals surface area (Å²) in [7, 11) is 0. The van der Waals surface area contributed by atoms with Gasteiger partial charge in [0.1, 0.15) is 0 Å². The molecule has 0 aliphatic carbocycles. The second-order valence-corrected chi connectivity index (χ2v) is 4.38. The highest BCUT2D eigenvalue weighted by Gasteiger charge is 2.19. The number of fused-ring (bicyclic) bond motifs is 1. The molecule has 2 N–H and O–H groups in total. The fraction of sp³-hybridized carbons (Fsp3) is 0.500. The maximum Gasteiger partial charge on any atom is 0.180 e. The average Bonchev–Trinajstić information content (AvgIpc) is 2.58. The molecule has 4 nitrogen and oxygen atoms in total. The fourth-order valence-electron chi connectivity index (χ4n) is 1.90. The molecule has 5 heteroatoms. The van der Waals surface area contributed by atoms with E-state index in [1.54, 1.807) is 0 Å². The monoisotopic (exact) mass is 257 g/mol. The van der Waals surface area contributed by atoms with E-state index in [2.05, 4.69) is 4.84 Å². The number of hydrogen-bond donors (Lipinski definition) is 1. The largest absolute Gasteiger partial charge is 0.489 e. The second kappa shape index (κ2) is 5.58. The van der Waals surface area contributed by atoms with Crippen molar-refractivity contribution in [3.8, 4) is 11.5 Å². The van der Waals surface area contributed by atoms with Crippen molar-refractivity contribution < 1.29 is 14.3 Å². The summed E-state index contributed by atoms with van der Waals surface area (Å²) in [5.41, 5.74) is 2.12. The first-order valence-corrected chi connectivity index (χ1v) is 6.01. The Balaban J connectivity index is 2.38. The molecule has 0 aromatic heterocycles. The highest BCUT2D eigenvalue weighted by molar-refractivity contribution is 6.32. The average molecular weight is 258 g/mol.